The summed E-state index contributed by atoms with van der Waals surface area (Å²) in [5.74, 6) is 1.62. The van der Waals surface area contributed by atoms with Crippen molar-refractivity contribution in [2.45, 2.75) is 19.5 Å². The van der Waals surface area contributed by atoms with E-state index in [4.69, 9.17) is 9.47 Å². The summed E-state index contributed by atoms with van der Waals surface area (Å²) in [6.45, 7) is 3.84. The highest BCUT2D eigenvalue weighted by molar-refractivity contribution is 7.88. The third-order valence-electron chi connectivity index (χ3n) is 3.81. The lowest BCUT2D eigenvalue weighted by Crippen LogP contribution is -2.25. The van der Waals surface area contributed by atoms with Crippen LogP contribution in [-0.2, 0) is 16.6 Å². The summed E-state index contributed by atoms with van der Waals surface area (Å²) in [4.78, 5) is 0. The minimum absolute atomic E-state index is 0. The SMILES string of the molecule is COc1ccc(OCCNCc2ccc([C@@H](C)NS(C)(=O)=O)cc2)cc1.Cl. The van der Waals surface area contributed by atoms with E-state index in [-0.39, 0.29) is 18.4 Å². The highest BCUT2D eigenvalue weighted by Crippen LogP contribution is 2.17. The minimum Gasteiger partial charge on any atom is -0.497 e. The fraction of sp³-hybridized carbons (Fsp3) is 0.368. The Morgan fingerprint density at radius 1 is 1.00 bits per heavy atom. The van der Waals surface area contributed by atoms with Crippen molar-refractivity contribution in [2.75, 3.05) is 26.5 Å². The van der Waals surface area contributed by atoms with Gasteiger partial charge in [0, 0.05) is 19.1 Å². The third-order valence-corrected chi connectivity index (χ3v) is 4.59. The number of hydrogen-bond acceptors (Lipinski definition) is 5. The van der Waals surface area contributed by atoms with Crippen LogP contribution in [0.5, 0.6) is 11.5 Å². The molecule has 0 spiro atoms. The van der Waals surface area contributed by atoms with E-state index in [1.54, 1.807) is 7.11 Å². The molecule has 0 fully saturated rings. The molecule has 2 N–H and O–H groups in total. The second-order valence-electron chi connectivity index (χ2n) is 6.05. The molecule has 2 aromatic carbocycles. The molecule has 0 aliphatic carbocycles. The molecule has 150 valence electrons. The number of methoxy groups -OCH3 is 1. The number of sulfonamides is 1. The predicted molar refractivity (Wildman–Crippen MR) is 110 cm³/mol. The van der Waals surface area contributed by atoms with Crippen LogP contribution in [0.4, 0.5) is 0 Å². The van der Waals surface area contributed by atoms with Crippen molar-refractivity contribution < 1.29 is 17.9 Å². The van der Waals surface area contributed by atoms with Gasteiger partial charge in [0.2, 0.25) is 10.0 Å². The van der Waals surface area contributed by atoms with Gasteiger partial charge in [-0.1, -0.05) is 24.3 Å². The van der Waals surface area contributed by atoms with Crippen molar-refractivity contribution in [3.05, 3.63) is 59.7 Å². The van der Waals surface area contributed by atoms with Gasteiger partial charge in [-0.2, -0.15) is 0 Å². The lowest BCUT2D eigenvalue weighted by molar-refractivity contribution is 0.313. The zero-order valence-corrected chi connectivity index (χ0v) is 17.4. The van der Waals surface area contributed by atoms with Crippen molar-refractivity contribution >= 4 is 22.4 Å². The summed E-state index contributed by atoms with van der Waals surface area (Å²) >= 11 is 0. The van der Waals surface area contributed by atoms with Crippen LogP contribution >= 0.6 is 12.4 Å². The maximum Gasteiger partial charge on any atom is 0.209 e. The normalized spacial score (nSPS) is 12.1. The molecule has 8 heteroatoms. The number of ether oxygens (including phenoxy) is 2. The van der Waals surface area contributed by atoms with Crippen molar-refractivity contribution in [3.8, 4) is 11.5 Å². The Labute approximate surface area is 167 Å². The van der Waals surface area contributed by atoms with Gasteiger partial charge in [-0.15, -0.1) is 12.4 Å². The Hall–Kier alpha value is -1.80. The van der Waals surface area contributed by atoms with Gasteiger partial charge in [0.25, 0.3) is 0 Å². The van der Waals surface area contributed by atoms with E-state index in [1.807, 2.05) is 55.5 Å². The van der Waals surface area contributed by atoms with E-state index in [1.165, 1.54) is 0 Å². The van der Waals surface area contributed by atoms with Crippen LogP contribution < -0.4 is 19.5 Å². The Morgan fingerprint density at radius 2 is 1.59 bits per heavy atom. The number of benzene rings is 2. The van der Waals surface area contributed by atoms with Gasteiger partial charge >= 0.3 is 0 Å². The molecular weight excluding hydrogens is 388 g/mol. The van der Waals surface area contributed by atoms with Crippen molar-refractivity contribution in [3.63, 3.8) is 0 Å². The fourth-order valence-corrected chi connectivity index (χ4v) is 3.24. The first-order valence-electron chi connectivity index (χ1n) is 8.41. The molecule has 0 bridgehead atoms. The van der Waals surface area contributed by atoms with Crippen molar-refractivity contribution in [1.29, 1.82) is 0 Å². The lowest BCUT2D eigenvalue weighted by atomic mass is 10.1. The maximum absolute atomic E-state index is 11.3. The molecule has 0 unspecified atom stereocenters. The van der Waals surface area contributed by atoms with Crippen LogP contribution in [0.1, 0.15) is 24.1 Å². The molecule has 0 saturated heterocycles. The Morgan fingerprint density at radius 3 is 2.15 bits per heavy atom. The van der Waals surface area contributed by atoms with Crippen LogP contribution in [0.25, 0.3) is 0 Å². The first-order valence-corrected chi connectivity index (χ1v) is 10.3. The van der Waals surface area contributed by atoms with E-state index >= 15 is 0 Å². The zero-order valence-electron chi connectivity index (χ0n) is 15.8. The third kappa shape index (κ3) is 8.62. The topological polar surface area (TPSA) is 76.7 Å². The Bertz CT molecular complexity index is 780. The summed E-state index contributed by atoms with van der Waals surface area (Å²) in [7, 11) is -1.58. The zero-order chi connectivity index (χ0) is 19.0. The number of halogens is 1. The summed E-state index contributed by atoms with van der Waals surface area (Å²) in [5.41, 5.74) is 2.06. The highest BCUT2D eigenvalue weighted by Gasteiger charge is 2.10. The molecule has 0 radical (unpaired) electrons. The van der Waals surface area contributed by atoms with Crippen LogP contribution in [0.2, 0.25) is 0 Å². The van der Waals surface area contributed by atoms with E-state index in [2.05, 4.69) is 10.0 Å². The molecule has 27 heavy (non-hydrogen) atoms. The fourth-order valence-electron chi connectivity index (χ4n) is 2.46. The summed E-state index contributed by atoms with van der Waals surface area (Å²) in [6, 6.07) is 15.1. The van der Waals surface area contributed by atoms with Gasteiger partial charge in [0.15, 0.2) is 0 Å². The first kappa shape index (κ1) is 23.2. The first-order chi connectivity index (χ1) is 12.4. The number of hydrogen-bond donors (Lipinski definition) is 2. The van der Waals surface area contributed by atoms with E-state index in [0.717, 1.165) is 42.0 Å². The molecular formula is C19H27ClN2O4S. The molecule has 1 atom stereocenters. The smallest absolute Gasteiger partial charge is 0.209 e. The van der Waals surface area contributed by atoms with Crippen molar-refractivity contribution in [2.24, 2.45) is 0 Å². The molecule has 0 heterocycles. The average molecular weight is 415 g/mol. The van der Waals surface area contributed by atoms with Gasteiger partial charge in [-0.05, 0) is 42.3 Å². The molecule has 0 amide bonds. The van der Waals surface area contributed by atoms with E-state index in [9.17, 15) is 8.42 Å². The van der Waals surface area contributed by atoms with Gasteiger partial charge in [0.05, 0.1) is 13.4 Å². The predicted octanol–water partition coefficient (Wildman–Crippen LogP) is 2.90. The molecule has 0 aliphatic rings. The van der Waals surface area contributed by atoms with Gasteiger partial charge in [-0.3, -0.25) is 0 Å². The van der Waals surface area contributed by atoms with Crippen LogP contribution in [0, 0.1) is 0 Å². The summed E-state index contributed by atoms with van der Waals surface area (Å²) in [6.07, 6.45) is 1.16. The Balaban J connectivity index is 0.00000364. The molecule has 2 aromatic rings. The number of rotatable bonds is 10. The quantitative estimate of drug-likeness (QED) is 0.584. The second-order valence-corrected chi connectivity index (χ2v) is 7.83. The van der Waals surface area contributed by atoms with E-state index < -0.39 is 10.0 Å². The molecule has 0 aromatic heterocycles. The average Bonchev–Trinajstić information content (AvgIpc) is 2.61. The monoisotopic (exact) mass is 414 g/mol. The second kappa shape index (κ2) is 11.1. The molecule has 6 nitrogen and oxygen atoms in total. The highest BCUT2D eigenvalue weighted by atomic mass is 35.5. The maximum atomic E-state index is 11.3. The van der Waals surface area contributed by atoms with Gasteiger partial charge in [0.1, 0.15) is 18.1 Å². The number of nitrogens with one attached hydrogen (secondary N) is 2. The molecule has 0 saturated carbocycles. The van der Waals surface area contributed by atoms with Crippen LogP contribution in [-0.4, -0.2) is 34.9 Å². The van der Waals surface area contributed by atoms with Crippen molar-refractivity contribution in [1.82, 2.24) is 10.0 Å². The largest absolute Gasteiger partial charge is 0.497 e. The van der Waals surface area contributed by atoms with Gasteiger partial charge in [-0.25, -0.2) is 13.1 Å². The van der Waals surface area contributed by atoms with Crippen LogP contribution in [0.15, 0.2) is 48.5 Å². The summed E-state index contributed by atoms with van der Waals surface area (Å²) < 4.78 is 35.9. The lowest BCUT2D eigenvalue weighted by Gasteiger charge is -2.13. The van der Waals surface area contributed by atoms with E-state index in [0.29, 0.717) is 6.61 Å². The van der Waals surface area contributed by atoms with Crippen LogP contribution in [0.3, 0.4) is 0 Å². The standard InChI is InChI=1S/C19H26N2O4S.ClH/c1-15(21-26(3,22)23)17-6-4-16(5-7-17)14-20-12-13-25-19-10-8-18(24-2)9-11-19;/h4-11,15,20-21H,12-14H2,1-3H3;1H/t15-;/m1./s1. The van der Waals surface area contributed by atoms with Gasteiger partial charge < -0.3 is 14.8 Å². The molecule has 0 aliphatic heterocycles. The summed E-state index contributed by atoms with van der Waals surface area (Å²) in [5, 5.41) is 3.32. The molecule has 2 rings (SSSR count). The minimum atomic E-state index is -3.21. The Kier molecular flexibility index (Phi) is 9.59.